The van der Waals surface area contributed by atoms with Crippen LogP contribution in [0.5, 0.6) is 0 Å². The van der Waals surface area contributed by atoms with Crippen molar-refractivity contribution < 1.29 is 4.79 Å². The van der Waals surface area contributed by atoms with E-state index in [0.29, 0.717) is 53.0 Å². The Morgan fingerprint density at radius 3 is 2.66 bits per heavy atom. The summed E-state index contributed by atoms with van der Waals surface area (Å²) in [4.78, 5) is 14.4. The van der Waals surface area contributed by atoms with Gasteiger partial charge in [-0.2, -0.15) is 10.4 Å². The number of aromatic nitrogens is 2. The van der Waals surface area contributed by atoms with E-state index >= 15 is 0 Å². The number of azo groups is 1. The van der Waals surface area contributed by atoms with Crippen molar-refractivity contribution in [3.05, 3.63) is 35.5 Å². The maximum atomic E-state index is 12.0. The standard InChI is InChI=1S/C25H35N8OP/c1-8-32-22-12-20(28-17(5)34)21(11-18(22)16(4)13-25(32,6)7)29-30-24-19(14-26)23(15(2)3)31-33(24)10-9-27-35/h11-12,16,27H,2,8-10,13,35H2,1,3-7H3,(H,28,34)/b30-29+. The topological polar surface area (TPSA) is 111 Å². The Kier molecular flexibility index (Phi) is 8.09. The largest absolute Gasteiger partial charge is 0.366 e. The second-order valence-electron chi connectivity index (χ2n) is 9.59. The van der Waals surface area contributed by atoms with Gasteiger partial charge >= 0.3 is 0 Å². The highest BCUT2D eigenvalue weighted by molar-refractivity contribution is 7.13. The number of rotatable bonds is 8. The van der Waals surface area contributed by atoms with E-state index in [2.05, 4.69) is 80.4 Å². The molecule has 0 radical (unpaired) electrons. The van der Waals surface area contributed by atoms with Gasteiger partial charge in [0.15, 0.2) is 5.82 Å². The lowest BCUT2D eigenvalue weighted by atomic mass is 9.79. The molecule has 2 aromatic rings. The van der Waals surface area contributed by atoms with Gasteiger partial charge in [0.25, 0.3) is 0 Å². The van der Waals surface area contributed by atoms with Crippen LogP contribution < -0.4 is 15.3 Å². The molecule has 2 heterocycles. The Labute approximate surface area is 209 Å². The predicted octanol–water partition coefficient (Wildman–Crippen LogP) is 5.65. The van der Waals surface area contributed by atoms with Crippen LogP contribution in [0.2, 0.25) is 0 Å². The molecule has 0 fully saturated rings. The molecule has 1 aromatic carbocycles. The summed E-state index contributed by atoms with van der Waals surface area (Å²) in [6.45, 7) is 18.0. The van der Waals surface area contributed by atoms with E-state index in [-0.39, 0.29) is 11.4 Å². The minimum atomic E-state index is -0.189. The first-order valence-corrected chi connectivity index (χ1v) is 12.4. The summed E-state index contributed by atoms with van der Waals surface area (Å²) < 4.78 is 1.66. The molecule has 0 aliphatic carbocycles. The summed E-state index contributed by atoms with van der Waals surface area (Å²) in [6, 6.07) is 6.20. The summed E-state index contributed by atoms with van der Waals surface area (Å²) in [5.74, 6) is 0.486. The lowest BCUT2D eigenvalue weighted by Crippen LogP contribution is -2.48. The summed E-state index contributed by atoms with van der Waals surface area (Å²) in [7, 11) is 2.45. The zero-order valence-corrected chi connectivity index (χ0v) is 22.6. The van der Waals surface area contributed by atoms with Crippen LogP contribution in [-0.2, 0) is 11.3 Å². The van der Waals surface area contributed by atoms with E-state index in [1.807, 2.05) is 19.1 Å². The number of hydrogen-bond donors (Lipinski definition) is 2. The third-order valence-corrected chi connectivity index (χ3v) is 6.58. The fraction of sp³-hybridized carbons (Fsp3) is 0.480. The summed E-state index contributed by atoms with van der Waals surface area (Å²) in [5.41, 5.74) is 4.90. The molecule has 1 aliphatic rings. The van der Waals surface area contributed by atoms with Crippen LogP contribution in [0.25, 0.3) is 5.57 Å². The van der Waals surface area contributed by atoms with Crippen LogP contribution in [0.15, 0.2) is 28.9 Å². The molecular formula is C25H35N8OP. The third-order valence-electron chi connectivity index (χ3n) is 6.29. The van der Waals surface area contributed by atoms with Gasteiger partial charge in [-0.15, -0.1) is 10.2 Å². The molecule has 2 unspecified atom stereocenters. The van der Waals surface area contributed by atoms with Crippen molar-refractivity contribution in [2.75, 3.05) is 23.3 Å². The molecule has 0 bridgehead atoms. The van der Waals surface area contributed by atoms with Crippen molar-refractivity contribution in [3.8, 4) is 6.07 Å². The van der Waals surface area contributed by atoms with E-state index in [1.165, 1.54) is 6.92 Å². The predicted molar refractivity (Wildman–Crippen MR) is 144 cm³/mol. The molecule has 1 aliphatic heterocycles. The van der Waals surface area contributed by atoms with Crippen LogP contribution in [-0.4, -0.2) is 34.3 Å². The Bertz CT molecular complexity index is 1210. The number of carbonyl (C=O) groups excluding carboxylic acids is 1. The Balaban J connectivity index is 2.17. The van der Waals surface area contributed by atoms with Gasteiger partial charge < -0.3 is 10.2 Å². The summed E-state index contributed by atoms with van der Waals surface area (Å²) in [6.07, 6.45) is 0.999. The second kappa shape index (κ2) is 10.7. The maximum Gasteiger partial charge on any atom is 0.221 e. The fourth-order valence-electron chi connectivity index (χ4n) is 4.87. The Morgan fingerprint density at radius 1 is 1.37 bits per heavy atom. The van der Waals surface area contributed by atoms with Crippen molar-refractivity contribution in [2.45, 2.75) is 66.0 Å². The Hall–Kier alpha value is -3.08. The zero-order chi connectivity index (χ0) is 25.9. The van der Waals surface area contributed by atoms with Gasteiger partial charge in [0.1, 0.15) is 23.0 Å². The molecule has 186 valence electrons. The van der Waals surface area contributed by atoms with E-state index in [1.54, 1.807) is 4.68 Å². The van der Waals surface area contributed by atoms with Gasteiger partial charge in [-0.25, -0.2) is 4.68 Å². The van der Waals surface area contributed by atoms with Crippen molar-refractivity contribution in [2.24, 2.45) is 10.2 Å². The van der Waals surface area contributed by atoms with E-state index < -0.39 is 0 Å². The molecule has 35 heavy (non-hydrogen) atoms. The fourth-order valence-corrected chi connectivity index (χ4v) is 5.00. The number of amides is 1. The molecule has 0 saturated carbocycles. The maximum absolute atomic E-state index is 12.0. The number of nitriles is 1. The molecule has 9 nitrogen and oxygen atoms in total. The van der Waals surface area contributed by atoms with Gasteiger partial charge in [-0.1, -0.05) is 22.9 Å². The minimum Gasteiger partial charge on any atom is -0.366 e. The first kappa shape index (κ1) is 26.5. The third kappa shape index (κ3) is 5.44. The molecular weight excluding hydrogens is 459 g/mol. The van der Waals surface area contributed by atoms with Crippen molar-refractivity contribution in [1.29, 1.82) is 5.26 Å². The average Bonchev–Trinajstić information content (AvgIpc) is 3.13. The van der Waals surface area contributed by atoms with Crippen LogP contribution in [0, 0.1) is 11.3 Å². The van der Waals surface area contributed by atoms with Gasteiger partial charge in [0.2, 0.25) is 5.91 Å². The number of hydrogen-bond acceptors (Lipinski definition) is 7. The van der Waals surface area contributed by atoms with Crippen molar-refractivity contribution in [1.82, 2.24) is 14.9 Å². The van der Waals surface area contributed by atoms with Gasteiger partial charge in [0.05, 0.1) is 12.2 Å². The van der Waals surface area contributed by atoms with Gasteiger partial charge in [0, 0.05) is 31.2 Å². The smallest absolute Gasteiger partial charge is 0.221 e. The lowest BCUT2D eigenvalue weighted by molar-refractivity contribution is -0.114. The van der Waals surface area contributed by atoms with Crippen LogP contribution in [0.3, 0.4) is 0 Å². The van der Waals surface area contributed by atoms with Gasteiger partial charge in [-0.05, 0) is 63.3 Å². The second-order valence-corrected chi connectivity index (χ2v) is 10.00. The summed E-state index contributed by atoms with van der Waals surface area (Å²) in [5, 5.41) is 29.3. The Morgan fingerprint density at radius 2 is 2.09 bits per heavy atom. The van der Waals surface area contributed by atoms with Gasteiger partial charge in [-0.3, -0.25) is 9.88 Å². The molecule has 1 aromatic heterocycles. The molecule has 10 heteroatoms. The quantitative estimate of drug-likeness (QED) is 0.364. The van der Waals surface area contributed by atoms with Crippen LogP contribution in [0.4, 0.5) is 22.9 Å². The highest BCUT2D eigenvalue weighted by atomic mass is 31.0. The van der Waals surface area contributed by atoms with E-state index in [9.17, 15) is 10.1 Å². The molecule has 0 saturated heterocycles. The SMILES string of the molecule is C=C(C)c1nn(CCNP)c(/N=N/c2cc3c(cc2NC(C)=O)N(CC)C(C)(C)CC3C)c1C#N. The number of fused-ring (bicyclic) bond motifs is 1. The zero-order valence-electron chi connectivity index (χ0n) is 21.4. The average molecular weight is 495 g/mol. The highest BCUT2D eigenvalue weighted by Crippen LogP contribution is 2.47. The van der Waals surface area contributed by atoms with Crippen LogP contribution in [0.1, 0.15) is 70.7 Å². The molecule has 3 rings (SSSR count). The monoisotopic (exact) mass is 494 g/mol. The van der Waals surface area contributed by atoms with E-state index in [0.717, 1.165) is 24.2 Å². The number of benzene rings is 1. The van der Waals surface area contributed by atoms with E-state index in [4.69, 9.17) is 0 Å². The number of allylic oxidation sites excluding steroid dienone is 1. The van der Waals surface area contributed by atoms with Crippen molar-refractivity contribution in [3.63, 3.8) is 0 Å². The summed E-state index contributed by atoms with van der Waals surface area (Å²) >= 11 is 0. The lowest BCUT2D eigenvalue weighted by Gasteiger charge is -2.47. The van der Waals surface area contributed by atoms with Crippen molar-refractivity contribution >= 4 is 43.8 Å². The number of nitrogens with zero attached hydrogens (tertiary/aromatic N) is 6. The number of nitrogens with one attached hydrogen (secondary N) is 2. The molecule has 0 spiro atoms. The highest BCUT2D eigenvalue weighted by Gasteiger charge is 2.36. The number of carbonyl (C=O) groups is 1. The molecule has 2 atom stereocenters. The first-order chi connectivity index (χ1) is 16.5. The molecule has 1 amide bonds. The number of anilines is 2. The minimum absolute atomic E-state index is 0.00353. The van der Waals surface area contributed by atoms with Crippen LogP contribution >= 0.6 is 9.39 Å². The normalized spacial score (nSPS) is 16.7. The molecule has 2 N–H and O–H groups in total. The first-order valence-electron chi connectivity index (χ1n) is 11.8.